The number of hydrogen-bond acceptors (Lipinski definition) is 8. The molecule has 3 atom stereocenters. The van der Waals surface area contributed by atoms with Crippen molar-refractivity contribution in [2.75, 3.05) is 44.4 Å². The van der Waals surface area contributed by atoms with Gasteiger partial charge >= 0.3 is 0 Å². The number of morpholine rings is 1. The van der Waals surface area contributed by atoms with Crippen LogP contribution in [0, 0.1) is 5.41 Å². The van der Waals surface area contributed by atoms with Gasteiger partial charge in [-0.15, -0.1) is 0 Å². The molecule has 1 N–H and O–H groups in total. The van der Waals surface area contributed by atoms with Gasteiger partial charge in [-0.2, -0.15) is 5.10 Å². The number of ether oxygens (including phenoxy) is 3. The van der Waals surface area contributed by atoms with E-state index in [1.165, 1.54) is 0 Å². The van der Waals surface area contributed by atoms with Crippen LogP contribution in [0.1, 0.15) is 51.0 Å². The highest BCUT2D eigenvalue weighted by molar-refractivity contribution is 6.35. The van der Waals surface area contributed by atoms with Crippen LogP contribution in [0.4, 0.5) is 5.82 Å². The second-order valence-corrected chi connectivity index (χ2v) is 12.9. The Hall–Kier alpha value is -2.95. The number of benzene rings is 1. The third-order valence-corrected chi connectivity index (χ3v) is 9.53. The summed E-state index contributed by atoms with van der Waals surface area (Å²) in [6, 6.07) is 10.6. The summed E-state index contributed by atoms with van der Waals surface area (Å²) in [5, 5.41) is 10.6. The fourth-order valence-electron chi connectivity index (χ4n) is 6.55. The standard InChI is InChI=1S/C32H36Cl2N6O3/c1-20(30-24(33)15-35-16-25(30)34)43-22-7-8-26-23(13-22)31(38-40(26)29-5-3-4-11-42-29)21-6-9-28(37-14-21)39-18-32(2,19-39)27-17-41-12-10-36-27/h6-9,13-16,20,27,29,36H,3-5,10-12,17-19H2,1-2H3/t20-,27?,29?/m1/s1. The number of pyridine rings is 2. The monoisotopic (exact) mass is 622 g/mol. The predicted molar refractivity (Wildman–Crippen MR) is 168 cm³/mol. The predicted octanol–water partition coefficient (Wildman–Crippen LogP) is 6.45. The Labute approximate surface area is 261 Å². The number of anilines is 1. The molecule has 0 saturated carbocycles. The van der Waals surface area contributed by atoms with Crippen molar-refractivity contribution in [3.63, 3.8) is 0 Å². The number of hydrogen-bond donors (Lipinski definition) is 1. The molecule has 4 aromatic rings. The molecule has 11 heteroatoms. The smallest absolute Gasteiger partial charge is 0.150 e. The molecule has 0 bridgehead atoms. The normalized spacial score (nSPS) is 22.7. The van der Waals surface area contributed by atoms with Gasteiger partial charge in [-0.25, -0.2) is 9.67 Å². The summed E-state index contributed by atoms with van der Waals surface area (Å²) in [5.74, 6) is 1.67. The van der Waals surface area contributed by atoms with Crippen LogP contribution in [0.2, 0.25) is 10.0 Å². The highest BCUT2D eigenvalue weighted by Crippen LogP contribution is 2.40. The van der Waals surface area contributed by atoms with E-state index in [0.717, 1.165) is 86.7 Å². The fourth-order valence-corrected chi connectivity index (χ4v) is 7.22. The van der Waals surface area contributed by atoms with Gasteiger partial charge in [0.2, 0.25) is 0 Å². The summed E-state index contributed by atoms with van der Waals surface area (Å²) in [6.45, 7) is 9.35. The van der Waals surface area contributed by atoms with Crippen LogP contribution in [0.25, 0.3) is 22.2 Å². The van der Waals surface area contributed by atoms with E-state index in [2.05, 4.69) is 34.3 Å². The van der Waals surface area contributed by atoms with Crippen molar-refractivity contribution in [2.24, 2.45) is 5.41 Å². The topological polar surface area (TPSA) is 86.6 Å². The lowest BCUT2D eigenvalue weighted by Crippen LogP contribution is -2.66. The molecule has 3 aliphatic heterocycles. The van der Waals surface area contributed by atoms with Crippen LogP contribution in [0.15, 0.2) is 48.9 Å². The maximum Gasteiger partial charge on any atom is 0.150 e. The summed E-state index contributed by atoms with van der Waals surface area (Å²) in [5.41, 5.74) is 3.66. The lowest BCUT2D eigenvalue weighted by atomic mass is 9.75. The highest BCUT2D eigenvalue weighted by Gasteiger charge is 2.46. The molecular weight excluding hydrogens is 587 g/mol. The van der Waals surface area contributed by atoms with Crippen molar-refractivity contribution < 1.29 is 14.2 Å². The molecule has 3 aliphatic rings. The number of aromatic nitrogens is 4. The van der Waals surface area contributed by atoms with Gasteiger partial charge in [0.15, 0.2) is 6.23 Å². The molecule has 1 aromatic carbocycles. The lowest BCUT2D eigenvalue weighted by molar-refractivity contribution is -0.0365. The fraction of sp³-hybridized carbons (Fsp3) is 0.469. The Kier molecular flexibility index (Phi) is 7.94. The van der Waals surface area contributed by atoms with Crippen LogP contribution < -0.4 is 15.0 Å². The first kappa shape index (κ1) is 28.8. The van der Waals surface area contributed by atoms with E-state index in [0.29, 0.717) is 27.4 Å². The Morgan fingerprint density at radius 2 is 1.91 bits per heavy atom. The van der Waals surface area contributed by atoms with Crippen molar-refractivity contribution in [3.05, 3.63) is 64.5 Å². The number of nitrogens with one attached hydrogen (secondary N) is 1. The maximum absolute atomic E-state index is 6.41. The van der Waals surface area contributed by atoms with Crippen LogP contribution in [-0.4, -0.2) is 65.2 Å². The molecule has 0 aliphatic carbocycles. The van der Waals surface area contributed by atoms with Gasteiger partial charge in [-0.3, -0.25) is 4.98 Å². The summed E-state index contributed by atoms with van der Waals surface area (Å²) in [7, 11) is 0. The van der Waals surface area contributed by atoms with Gasteiger partial charge in [0.05, 0.1) is 28.8 Å². The molecule has 0 amide bonds. The minimum Gasteiger partial charge on any atom is -0.486 e. The number of fused-ring (bicyclic) bond motifs is 1. The zero-order chi connectivity index (χ0) is 29.6. The lowest BCUT2D eigenvalue weighted by Gasteiger charge is -2.53. The van der Waals surface area contributed by atoms with E-state index in [1.54, 1.807) is 12.4 Å². The second-order valence-electron chi connectivity index (χ2n) is 12.1. The Bertz CT molecular complexity index is 1570. The Balaban J connectivity index is 1.17. The minimum atomic E-state index is -0.376. The van der Waals surface area contributed by atoms with Crippen molar-refractivity contribution in [2.45, 2.75) is 51.5 Å². The average molecular weight is 624 g/mol. The van der Waals surface area contributed by atoms with Gasteiger partial charge < -0.3 is 24.4 Å². The number of halogens is 2. The van der Waals surface area contributed by atoms with Crippen LogP contribution in [0.5, 0.6) is 5.75 Å². The average Bonchev–Trinajstić information content (AvgIpc) is 3.39. The first-order chi connectivity index (χ1) is 20.9. The maximum atomic E-state index is 6.41. The third kappa shape index (κ3) is 5.58. The quantitative estimate of drug-likeness (QED) is 0.251. The van der Waals surface area contributed by atoms with Crippen LogP contribution in [0.3, 0.4) is 0 Å². The third-order valence-electron chi connectivity index (χ3n) is 8.93. The van der Waals surface area contributed by atoms with E-state index < -0.39 is 0 Å². The Morgan fingerprint density at radius 1 is 1.07 bits per heavy atom. The van der Waals surface area contributed by atoms with Gasteiger partial charge in [-0.05, 0) is 56.5 Å². The highest BCUT2D eigenvalue weighted by atomic mass is 35.5. The molecule has 226 valence electrons. The Morgan fingerprint density at radius 3 is 2.60 bits per heavy atom. The van der Waals surface area contributed by atoms with Crippen molar-refractivity contribution in [1.29, 1.82) is 0 Å². The largest absolute Gasteiger partial charge is 0.486 e. The molecule has 43 heavy (non-hydrogen) atoms. The molecule has 6 heterocycles. The van der Waals surface area contributed by atoms with Gasteiger partial charge in [0.1, 0.15) is 23.4 Å². The molecule has 3 saturated heterocycles. The van der Waals surface area contributed by atoms with Gasteiger partial charge in [-0.1, -0.05) is 30.1 Å². The van der Waals surface area contributed by atoms with E-state index in [-0.39, 0.29) is 17.7 Å². The molecule has 2 unspecified atom stereocenters. The molecule has 0 radical (unpaired) electrons. The molecule has 3 fully saturated rings. The van der Waals surface area contributed by atoms with Crippen molar-refractivity contribution in [1.82, 2.24) is 25.1 Å². The van der Waals surface area contributed by atoms with Crippen LogP contribution in [-0.2, 0) is 9.47 Å². The van der Waals surface area contributed by atoms with E-state index in [1.807, 2.05) is 36.0 Å². The molecule has 3 aromatic heterocycles. The summed E-state index contributed by atoms with van der Waals surface area (Å²) < 4.78 is 20.2. The summed E-state index contributed by atoms with van der Waals surface area (Å²) >= 11 is 12.8. The molecule has 0 spiro atoms. The first-order valence-corrected chi connectivity index (χ1v) is 15.8. The number of rotatable bonds is 7. The minimum absolute atomic E-state index is 0.103. The van der Waals surface area contributed by atoms with Crippen LogP contribution >= 0.6 is 23.2 Å². The van der Waals surface area contributed by atoms with E-state index in [9.17, 15) is 0 Å². The van der Waals surface area contributed by atoms with Gasteiger partial charge in [0, 0.05) is 72.8 Å². The summed E-state index contributed by atoms with van der Waals surface area (Å²) in [4.78, 5) is 11.3. The van der Waals surface area contributed by atoms with Crippen molar-refractivity contribution in [3.8, 4) is 17.0 Å². The number of nitrogens with zero attached hydrogens (tertiary/aromatic N) is 5. The first-order valence-electron chi connectivity index (χ1n) is 15.0. The zero-order valence-electron chi connectivity index (χ0n) is 24.4. The molecule has 7 rings (SSSR count). The van der Waals surface area contributed by atoms with Crippen molar-refractivity contribution >= 4 is 39.9 Å². The SMILES string of the molecule is C[C@@H](Oc1ccc2c(c1)c(-c1ccc(N3CC(C)(C4COCCN4)C3)nc1)nn2C1CCCCO1)c1c(Cl)cncc1Cl. The van der Waals surface area contributed by atoms with Gasteiger partial charge in [0.25, 0.3) is 0 Å². The molecular formula is C32H36Cl2N6O3. The molecule has 9 nitrogen and oxygen atoms in total. The van der Waals surface area contributed by atoms with E-state index >= 15 is 0 Å². The second kappa shape index (κ2) is 11.9. The zero-order valence-corrected chi connectivity index (χ0v) is 25.9. The van der Waals surface area contributed by atoms with E-state index in [4.69, 9.17) is 47.5 Å². The summed E-state index contributed by atoms with van der Waals surface area (Å²) in [6.07, 6.45) is 7.72.